The predicted octanol–water partition coefficient (Wildman–Crippen LogP) is 22.3. The molecule has 0 bridgehead atoms. The average Bonchev–Trinajstić information content (AvgIpc) is 0.707. The van der Waals surface area contributed by atoms with Crippen LogP contribution in [-0.2, 0) is 0 Å². The zero-order valence-corrected chi connectivity index (χ0v) is 59.5. The molecule has 0 aliphatic carbocycles. The van der Waals surface area contributed by atoms with Gasteiger partial charge in [-0.05, 0) is 225 Å². The van der Waals surface area contributed by atoms with Gasteiger partial charge in [0.25, 0.3) is 0 Å². The van der Waals surface area contributed by atoms with Gasteiger partial charge in [0.05, 0.1) is 46.6 Å². The van der Waals surface area contributed by atoms with Crippen molar-refractivity contribution in [2.45, 2.75) is 116 Å². The number of ether oxygens (including phenoxy) is 6. The Morgan fingerprint density at radius 2 is 0.518 bits per heavy atom. The number of aryl methyl sites for hydroxylation is 6. The van der Waals surface area contributed by atoms with Gasteiger partial charge in [0.15, 0.2) is 0 Å². The number of rotatable bonds is 36. The molecule has 0 saturated heterocycles. The molecule has 0 saturated carbocycles. The molecule has 0 aliphatic heterocycles. The Labute approximate surface area is 801 Å². The van der Waals surface area contributed by atoms with Gasteiger partial charge in [-0.3, -0.25) is 0 Å². The monoisotopic (exact) mass is 1620 g/mol. The van der Waals surface area contributed by atoms with Crippen molar-refractivity contribution in [2.24, 2.45) is 0 Å². The molecule has 0 heterocycles. The van der Waals surface area contributed by atoms with Crippen molar-refractivity contribution in [1.82, 2.24) is 31.9 Å². The summed E-state index contributed by atoms with van der Waals surface area (Å²) in [6.07, 6.45) is -28.6. The van der Waals surface area contributed by atoms with Crippen molar-refractivity contribution in [3.05, 3.63) is 394 Å². The number of nitrogens with one attached hydrogen (secondary N) is 6. The third-order valence-electron chi connectivity index (χ3n) is 13.4. The molecular formula is C102H126N6O6. The Morgan fingerprint density at radius 1 is 0.254 bits per heavy atom. The van der Waals surface area contributed by atoms with E-state index in [2.05, 4.69) is 5.32 Å². The highest BCUT2D eigenvalue weighted by Crippen LogP contribution is 2.33. The van der Waals surface area contributed by atoms with Crippen LogP contribution in [0.5, 0.6) is 34.5 Å². The van der Waals surface area contributed by atoms with Crippen LogP contribution in [0.3, 0.4) is 0 Å². The van der Waals surface area contributed by atoms with E-state index >= 15 is 0 Å². The number of benzene rings is 12. The lowest BCUT2D eigenvalue weighted by molar-refractivity contribution is 0.193. The minimum atomic E-state index is -3.80. The van der Waals surface area contributed by atoms with Gasteiger partial charge in [0.1, 0.15) is 71.0 Å². The minimum Gasteiger partial charge on any atom is -0.485 e. The van der Waals surface area contributed by atoms with Crippen LogP contribution in [0.15, 0.2) is 327 Å². The number of hydrogen-bond acceptors (Lipinski definition) is 12. The number of hydrogen-bond donors (Lipinski definition) is 6. The molecule has 0 amide bonds. The van der Waals surface area contributed by atoms with E-state index in [0.29, 0.717) is 0 Å². The van der Waals surface area contributed by atoms with E-state index in [-0.39, 0.29) is 34.7 Å². The summed E-state index contributed by atoms with van der Waals surface area (Å²) < 4.78 is 692. The van der Waals surface area contributed by atoms with E-state index in [4.69, 9.17) is 144 Å². The molecule has 0 spiro atoms. The third-order valence-corrected chi connectivity index (χ3v) is 13.4. The first kappa shape index (κ1) is 28.9. The lowest BCUT2D eigenvalue weighted by Gasteiger charge is -2.20. The Balaban J connectivity index is 0.000000315. The van der Waals surface area contributed by atoms with Gasteiger partial charge < -0.3 is 60.3 Å². The molecule has 12 aromatic carbocycles. The minimum absolute atomic E-state index is 0.214. The summed E-state index contributed by atoms with van der Waals surface area (Å²) in [5.41, 5.74) is -6.79. The van der Waals surface area contributed by atoms with E-state index in [9.17, 15) is 0 Å². The van der Waals surface area contributed by atoms with Gasteiger partial charge >= 0.3 is 0 Å². The normalized spacial score (nSPS) is 26.1. The molecule has 6 unspecified atom stereocenters. The smallest absolute Gasteiger partial charge is 0.125 e. The fourth-order valence-electron chi connectivity index (χ4n) is 8.28. The molecule has 6 N–H and O–H groups in total. The second-order valence-corrected chi connectivity index (χ2v) is 21.0. The lowest BCUT2D eigenvalue weighted by atomic mass is 10.1. The van der Waals surface area contributed by atoms with Gasteiger partial charge in [-0.15, -0.1) is 0 Å². The highest BCUT2D eigenvalue weighted by atomic mass is 16.5. The Bertz CT molecular complexity index is 8550. The Morgan fingerprint density at radius 3 is 0.877 bits per heavy atom. The molecule has 6 atom stereocenters. The molecule has 114 heavy (non-hydrogen) atoms. The van der Waals surface area contributed by atoms with Crippen LogP contribution in [0.25, 0.3) is 0 Å². The van der Waals surface area contributed by atoms with Crippen LogP contribution in [0.2, 0.25) is 0 Å². The topological polar surface area (TPSA) is 128 Å². The van der Waals surface area contributed by atoms with Crippen LogP contribution in [-0.4, -0.2) is 80.9 Å². The molecule has 0 aliphatic rings. The van der Waals surface area contributed by atoms with Crippen LogP contribution < -0.4 is 60.3 Å². The maximum Gasteiger partial charge on any atom is 0.125 e. The molecular weight excluding hydrogens is 1410 g/mol. The Hall–Kier alpha value is -10.8. The summed E-state index contributed by atoms with van der Waals surface area (Å²) in [4.78, 5) is 0. The van der Waals surface area contributed by atoms with Crippen LogP contribution >= 0.6 is 0 Å². The summed E-state index contributed by atoms with van der Waals surface area (Å²) in [7, 11) is 0. The molecule has 0 aromatic heterocycles. The van der Waals surface area contributed by atoms with Crippen molar-refractivity contribution < 1.29 is 144 Å². The van der Waals surface area contributed by atoms with E-state index in [0.717, 1.165) is 36.4 Å². The molecule has 0 fully saturated rings. The van der Waals surface area contributed by atoms with E-state index in [1.165, 1.54) is 120 Å². The van der Waals surface area contributed by atoms with E-state index in [1.54, 1.807) is 10.6 Å². The molecule has 12 aromatic rings. The Kier molecular flexibility index (Phi) is 13.7. The quantitative estimate of drug-likeness (QED) is 0.0224. The first-order valence-corrected chi connectivity index (χ1v) is 32.7. The highest BCUT2D eigenvalue weighted by molar-refractivity contribution is 5.39. The fourth-order valence-corrected chi connectivity index (χ4v) is 8.28. The van der Waals surface area contributed by atoms with Gasteiger partial charge in [0.2, 0.25) is 0 Å². The average molecular weight is 1620 g/mol. The molecule has 12 nitrogen and oxygen atoms in total. The first-order valence-electron chi connectivity index (χ1n) is 74.7. The second-order valence-electron chi connectivity index (χ2n) is 21.0. The third kappa shape index (κ3) is 33.1. The van der Waals surface area contributed by atoms with Crippen molar-refractivity contribution >= 4 is 0 Å². The molecule has 12 heteroatoms. The standard InChI is InChI=1S/6C17H21NO/c6*1-14-8-6-7-11-16(14)19-17(12-13-18-2)15-9-4-3-5-10-15/h6*3-11,17-18H,12-13H2,1-2H3/i1D3,2D3,3D,4D,5D,9D,10D,12D2,13D2,17D;1D3,2D3,3D,4D,5D,9D,10D,13D2,17D;1D3,2D3,3D,4D,5D,9D,10D,12D2,17D;1D3,2D3,3D,4D,5D,9D,10D,12D2,13D2;1D3,2D3,3D,4D,5D,9D,10D,17D;1D3,2D3,3D,4D,5D,9D,10D,13D2. The fraction of sp³-hybridized carbons (Fsp3) is 0.294. The SMILES string of the molecule is [2H]c1c([2H])c([2H])c(C(CC([2H])([2H])NC([2H])([2H])[2H])Oc2ccccc2C([2H])([2H])[2H])c([2H])c1[2H].[2H]c1c([2H])c([2H])c(C(Oc2ccccc2C([2H])([2H])[2H])C([2H])([2H])C([2H])([2H])NC([2H])([2H])[2H])c([2H])c1[2H].[2H]c1c([2H])c([2H])c(C([2H])(CC([2H])([2H])NC([2H])([2H])[2H])Oc2ccccc2C([2H])([2H])[2H])c([2H])c1[2H].[2H]c1c([2H])c([2H])c(C([2H])(CCNC([2H])([2H])[2H])Oc2ccccc2C([2H])([2H])[2H])c([2H])c1[2H].[2H]c1c([2H])c([2H])c(C([2H])(Oc2ccccc2C([2H])([2H])[2H])C([2H])([2H])C([2H])([2H])NC([2H])([2H])[2H])c([2H])c1[2H].[2H]c1c([2H])c([2H])c(C([2H])(Oc2ccccc2C([2H])([2H])[2H])C([2H])([2H])CNC([2H])([2H])[2H])c([2H])c1[2H]. The zero-order valence-electron chi connectivity index (χ0n) is 143. The van der Waals surface area contributed by atoms with Gasteiger partial charge in [-0.2, -0.15) is 0 Å². The molecule has 0 radical (unpaired) electrons. The van der Waals surface area contributed by atoms with E-state index in [1.807, 2.05) is 5.32 Å². The first-order chi connectivity index (χ1) is 89.0. The summed E-state index contributed by atoms with van der Waals surface area (Å²) >= 11 is 0. The molecule has 12 rings (SSSR count). The zero-order chi connectivity index (χ0) is 153. The summed E-state index contributed by atoms with van der Waals surface area (Å²) in [5.74, 6) is -2.48. The summed E-state index contributed by atoms with van der Waals surface area (Å²) in [6, 6.07) is 5.82. The maximum absolute atomic E-state index is 8.90. The van der Waals surface area contributed by atoms with Crippen molar-refractivity contribution in [2.75, 3.05) is 80.9 Å². The second kappa shape index (κ2) is 54.0. The van der Waals surface area contributed by atoms with Crippen LogP contribution in [0.1, 0.15) is 257 Å². The summed E-state index contributed by atoms with van der Waals surface area (Å²) in [6.45, 7) is -47.9. The van der Waals surface area contributed by atoms with Crippen molar-refractivity contribution in [1.29, 1.82) is 0 Å². The lowest BCUT2D eigenvalue weighted by Crippen LogP contribution is -2.16. The molecule has 600 valence electrons. The largest absolute Gasteiger partial charge is 0.485 e. The van der Waals surface area contributed by atoms with Crippen LogP contribution in [0.4, 0.5) is 0 Å². The van der Waals surface area contributed by atoms with Gasteiger partial charge in [-0.1, -0.05) is 290 Å². The number of para-hydroxylation sites is 6. The maximum atomic E-state index is 8.90. The predicted molar refractivity (Wildman–Crippen MR) is 477 cm³/mol. The van der Waals surface area contributed by atoms with Crippen LogP contribution in [0, 0.1) is 41.1 Å². The van der Waals surface area contributed by atoms with Gasteiger partial charge in [0, 0.05) is 107 Å². The van der Waals surface area contributed by atoms with Crippen molar-refractivity contribution in [3.8, 4) is 34.5 Å². The van der Waals surface area contributed by atoms with Crippen molar-refractivity contribution in [3.63, 3.8) is 0 Å². The van der Waals surface area contributed by atoms with Gasteiger partial charge in [-0.25, -0.2) is 0 Å². The van der Waals surface area contributed by atoms with E-state index < -0.39 is 445 Å². The highest BCUT2D eigenvalue weighted by Gasteiger charge is 2.20. The summed E-state index contributed by atoms with van der Waals surface area (Å²) in [5, 5.41) is 10.5.